The number of carbonyl (C=O) groups is 2. The molecule has 0 radical (unpaired) electrons. The highest BCUT2D eigenvalue weighted by atomic mass is 32.2. The van der Waals surface area contributed by atoms with Crippen molar-refractivity contribution in [3.63, 3.8) is 0 Å². The number of hydroxylamine groups is 1. The summed E-state index contributed by atoms with van der Waals surface area (Å²) in [6, 6.07) is 14.4. The molecule has 2 heterocycles. The highest BCUT2D eigenvalue weighted by Gasteiger charge is 2.41. The molecule has 12 heteroatoms. The smallest absolute Gasteiger partial charge is 0.407 e. The number of rotatable bonds is 7. The first-order valence-corrected chi connectivity index (χ1v) is 12.2. The zero-order valence-corrected chi connectivity index (χ0v) is 19.5. The van der Waals surface area contributed by atoms with Crippen LogP contribution in [0.25, 0.3) is 10.9 Å². The molecule has 0 bridgehead atoms. The number of nitrogens with zero attached hydrogens (tertiary/aromatic N) is 2. The van der Waals surface area contributed by atoms with E-state index in [4.69, 9.17) is 9.94 Å². The van der Waals surface area contributed by atoms with Crippen molar-refractivity contribution in [1.29, 1.82) is 0 Å². The first-order valence-electron chi connectivity index (χ1n) is 10.7. The van der Waals surface area contributed by atoms with Gasteiger partial charge < -0.3 is 14.7 Å². The molecule has 0 saturated carbocycles. The van der Waals surface area contributed by atoms with Crippen LogP contribution >= 0.6 is 0 Å². The Bertz CT molecular complexity index is 1360. The molecular formula is C23H24N4O7S. The van der Waals surface area contributed by atoms with E-state index < -0.39 is 34.0 Å². The predicted octanol–water partition coefficient (Wildman–Crippen LogP) is 1.88. The number of hydrogen-bond donors (Lipinski definition) is 4. The fraction of sp³-hybridized carbons (Fsp3) is 0.261. The first kappa shape index (κ1) is 24.4. The average Bonchev–Trinajstić information content (AvgIpc) is 3.25. The number of sulfonamides is 1. The van der Waals surface area contributed by atoms with E-state index in [1.807, 2.05) is 37.3 Å². The Labute approximate surface area is 201 Å². The molecule has 1 fully saturated rings. The molecule has 1 saturated heterocycles. The molecule has 2 atom stereocenters. The molecule has 2 aromatic carbocycles. The van der Waals surface area contributed by atoms with E-state index in [2.05, 4.69) is 9.71 Å². The fourth-order valence-corrected chi connectivity index (χ4v) is 5.35. The third-order valence-electron chi connectivity index (χ3n) is 5.80. The minimum Gasteiger partial charge on any atom is -0.489 e. The van der Waals surface area contributed by atoms with Gasteiger partial charge in [0.25, 0.3) is 0 Å². The van der Waals surface area contributed by atoms with Crippen molar-refractivity contribution >= 4 is 32.9 Å². The number of likely N-dealkylation sites (tertiary alicyclic amines) is 1. The molecule has 1 aromatic heterocycles. The van der Waals surface area contributed by atoms with Crippen molar-refractivity contribution in [1.82, 2.24) is 20.1 Å². The second-order valence-corrected chi connectivity index (χ2v) is 9.91. The monoisotopic (exact) mass is 500 g/mol. The lowest BCUT2D eigenvalue weighted by molar-refractivity contribution is -0.133. The highest BCUT2D eigenvalue weighted by Crippen LogP contribution is 2.23. The van der Waals surface area contributed by atoms with Crippen molar-refractivity contribution in [3.05, 3.63) is 65.9 Å². The van der Waals surface area contributed by atoms with Gasteiger partial charge in [0.15, 0.2) is 0 Å². The standard InChI is InChI=1S/C23H24N4O7S/c1-14-10-15(18-4-2-3-5-20(18)24-14)13-34-16-6-8-17(9-7-16)35(32,33)26-21-12-27(23(29)30)11-19(21)22(28)25-31/h2-10,19,21,26,31H,11-13H2,1H3,(H,25,28)(H,29,30)/t19-,21+/m1/s1. The zero-order valence-electron chi connectivity index (χ0n) is 18.7. The van der Waals surface area contributed by atoms with E-state index in [0.29, 0.717) is 5.75 Å². The van der Waals surface area contributed by atoms with E-state index in [0.717, 1.165) is 27.1 Å². The Morgan fingerprint density at radius 1 is 1.14 bits per heavy atom. The normalized spacial score (nSPS) is 17.9. The summed E-state index contributed by atoms with van der Waals surface area (Å²) < 4.78 is 34.0. The number of amides is 2. The SMILES string of the molecule is Cc1cc(COc2ccc(S(=O)(=O)N[C@H]3CN(C(=O)O)C[C@H]3C(=O)NO)cc2)c2ccccc2n1. The third-order valence-corrected chi connectivity index (χ3v) is 7.31. The molecule has 4 N–H and O–H groups in total. The van der Waals surface area contributed by atoms with Crippen molar-refractivity contribution < 1.29 is 33.1 Å². The Hall–Kier alpha value is -3.74. The average molecular weight is 501 g/mol. The molecule has 0 spiro atoms. The van der Waals surface area contributed by atoms with Crippen LogP contribution in [0.2, 0.25) is 0 Å². The van der Waals surface area contributed by atoms with Gasteiger partial charge in [-0.3, -0.25) is 15.0 Å². The van der Waals surface area contributed by atoms with Crippen LogP contribution in [0.15, 0.2) is 59.5 Å². The number of ether oxygens (including phenoxy) is 1. The van der Waals surface area contributed by atoms with E-state index in [1.165, 1.54) is 29.7 Å². The van der Waals surface area contributed by atoms with Gasteiger partial charge in [-0.25, -0.2) is 23.4 Å². The molecule has 0 aliphatic carbocycles. The second-order valence-electron chi connectivity index (χ2n) is 8.20. The summed E-state index contributed by atoms with van der Waals surface area (Å²) in [5, 5.41) is 19.1. The number of hydrogen-bond acceptors (Lipinski definition) is 7. The summed E-state index contributed by atoms with van der Waals surface area (Å²) in [4.78, 5) is 28.5. The number of aromatic nitrogens is 1. The quantitative estimate of drug-likeness (QED) is 0.283. The first-order chi connectivity index (χ1) is 16.7. The number of carbonyl (C=O) groups excluding carboxylic acids is 1. The van der Waals surface area contributed by atoms with Crippen LogP contribution in [-0.4, -0.2) is 59.7 Å². The maximum atomic E-state index is 12.9. The zero-order chi connectivity index (χ0) is 25.2. The number of aryl methyl sites for hydroxylation is 1. The number of carboxylic acid groups (broad SMARTS) is 1. The largest absolute Gasteiger partial charge is 0.489 e. The summed E-state index contributed by atoms with van der Waals surface area (Å²) in [5.74, 6) is -1.49. The van der Waals surface area contributed by atoms with Gasteiger partial charge in [-0.1, -0.05) is 18.2 Å². The lowest BCUT2D eigenvalue weighted by Gasteiger charge is -2.18. The summed E-state index contributed by atoms with van der Waals surface area (Å²) in [6.07, 6.45) is -1.29. The number of benzene rings is 2. The predicted molar refractivity (Wildman–Crippen MR) is 124 cm³/mol. The lowest BCUT2D eigenvalue weighted by Crippen LogP contribution is -2.45. The summed E-state index contributed by atoms with van der Waals surface area (Å²) >= 11 is 0. The van der Waals surface area contributed by atoms with Crippen LogP contribution in [0, 0.1) is 12.8 Å². The van der Waals surface area contributed by atoms with Crippen LogP contribution in [0.3, 0.4) is 0 Å². The molecule has 4 rings (SSSR count). The molecular weight excluding hydrogens is 476 g/mol. The van der Waals surface area contributed by atoms with Crippen molar-refractivity contribution in [2.75, 3.05) is 13.1 Å². The number of pyridine rings is 1. The van der Waals surface area contributed by atoms with Crippen molar-refractivity contribution in [3.8, 4) is 5.75 Å². The Kier molecular flexibility index (Phi) is 6.87. The lowest BCUT2D eigenvalue weighted by atomic mass is 10.0. The number of para-hydroxylation sites is 1. The Balaban J connectivity index is 1.46. The molecule has 184 valence electrons. The molecule has 11 nitrogen and oxygen atoms in total. The minimum atomic E-state index is -4.08. The fourth-order valence-electron chi connectivity index (χ4n) is 4.09. The van der Waals surface area contributed by atoms with Crippen LogP contribution in [0.4, 0.5) is 4.79 Å². The van der Waals surface area contributed by atoms with Crippen LogP contribution in [0.5, 0.6) is 5.75 Å². The Morgan fingerprint density at radius 2 is 1.86 bits per heavy atom. The number of nitrogens with one attached hydrogen (secondary N) is 2. The minimum absolute atomic E-state index is 0.0769. The Morgan fingerprint density at radius 3 is 2.54 bits per heavy atom. The molecule has 35 heavy (non-hydrogen) atoms. The highest BCUT2D eigenvalue weighted by molar-refractivity contribution is 7.89. The molecule has 2 amide bonds. The van der Waals surface area contributed by atoms with Gasteiger partial charge in [-0.15, -0.1) is 0 Å². The van der Waals surface area contributed by atoms with Gasteiger partial charge in [0.2, 0.25) is 15.9 Å². The topological polar surface area (TPSA) is 158 Å². The summed E-state index contributed by atoms with van der Waals surface area (Å²) in [5.41, 5.74) is 4.12. The third kappa shape index (κ3) is 5.34. The molecule has 3 aromatic rings. The van der Waals surface area contributed by atoms with Crippen molar-refractivity contribution in [2.24, 2.45) is 5.92 Å². The van der Waals surface area contributed by atoms with E-state index in [1.54, 1.807) is 0 Å². The number of fused-ring (bicyclic) bond motifs is 1. The van der Waals surface area contributed by atoms with Gasteiger partial charge in [0.05, 0.1) is 22.4 Å². The van der Waals surface area contributed by atoms with E-state index >= 15 is 0 Å². The maximum absolute atomic E-state index is 12.9. The van der Waals surface area contributed by atoms with Gasteiger partial charge in [-0.2, -0.15) is 0 Å². The van der Waals surface area contributed by atoms with Gasteiger partial charge in [0.1, 0.15) is 12.4 Å². The van der Waals surface area contributed by atoms with Crippen LogP contribution < -0.4 is 14.9 Å². The van der Waals surface area contributed by atoms with Crippen LogP contribution in [-0.2, 0) is 21.4 Å². The maximum Gasteiger partial charge on any atom is 0.407 e. The second kappa shape index (κ2) is 9.86. The molecule has 0 unspecified atom stereocenters. The molecule has 1 aliphatic heterocycles. The van der Waals surface area contributed by atoms with Crippen molar-refractivity contribution in [2.45, 2.75) is 24.5 Å². The van der Waals surface area contributed by atoms with Gasteiger partial charge in [0, 0.05) is 29.7 Å². The van der Waals surface area contributed by atoms with Gasteiger partial charge in [-0.05, 0) is 43.3 Å². The van der Waals surface area contributed by atoms with Crippen LogP contribution in [0.1, 0.15) is 11.3 Å². The summed E-state index contributed by atoms with van der Waals surface area (Å²) in [6.45, 7) is 1.69. The van der Waals surface area contributed by atoms with E-state index in [-0.39, 0.29) is 24.6 Å². The van der Waals surface area contributed by atoms with E-state index in [9.17, 15) is 23.1 Å². The van der Waals surface area contributed by atoms with Gasteiger partial charge >= 0.3 is 6.09 Å². The summed E-state index contributed by atoms with van der Waals surface area (Å²) in [7, 11) is -4.08. The molecule has 1 aliphatic rings.